The van der Waals surface area contributed by atoms with Crippen LogP contribution in [0.5, 0.6) is 5.75 Å². The number of anilines is 1. The molecule has 2 fully saturated rings. The number of nitrogens with zero attached hydrogens (tertiary/aromatic N) is 2. The number of hydrogen-bond acceptors (Lipinski definition) is 6. The Morgan fingerprint density at radius 2 is 1.71 bits per heavy atom. The van der Waals surface area contributed by atoms with E-state index in [-0.39, 0.29) is 47.2 Å². The average molecular weight is 476 g/mol. The molecule has 9 heteroatoms. The summed E-state index contributed by atoms with van der Waals surface area (Å²) in [5, 5.41) is 14.0. The predicted octanol–water partition coefficient (Wildman–Crippen LogP) is 3.35. The van der Waals surface area contributed by atoms with Crippen LogP contribution in [0.2, 0.25) is 0 Å². The van der Waals surface area contributed by atoms with E-state index in [1.165, 1.54) is 25.3 Å². The summed E-state index contributed by atoms with van der Waals surface area (Å²) in [5.41, 5.74) is 0.668. The maximum atomic E-state index is 13.6. The fraction of sp³-hybridized carbons (Fsp3) is 0.346. The Hall–Kier alpha value is -4.01. The first-order valence-corrected chi connectivity index (χ1v) is 11.6. The number of benzene rings is 2. The lowest BCUT2D eigenvalue weighted by Gasteiger charge is -2.38. The van der Waals surface area contributed by atoms with Crippen molar-refractivity contribution in [1.29, 1.82) is 0 Å². The Morgan fingerprint density at radius 3 is 2.26 bits per heavy atom. The summed E-state index contributed by atoms with van der Waals surface area (Å²) in [6, 6.07) is 11.9. The zero-order valence-electron chi connectivity index (χ0n) is 19.1. The first-order chi connectivity index (χ1) is 16.9. The summed E-state index contributed by atoms with van der Waals surface area (Å²) in [6.07, 6.45) is 5.91. The van der Waals surface area contributed by atoms with E-state index in [1.54, 1.807) is 0 Å². The van der Waals surface area contributed by atoms with Gasteiger partial charge in [0, 0.05) is 18.6 Å². The first-order valence-electron chi connectivity index (χ1n) is 11.6. The van der Waals surface area contributed by atoms with Crippen molar-refractivity contribution in [1.82, 2.24) is 4.90 Å². The number of methoxy groups -OCH3 is 1. The van der Waals surface area contributed by atoms with Gasteiger partial charge in [-0.25, -0.2) is 0 Å². The van der Waals surface area contributed by atoms with Crippen molar-refractivity contribution in [3.63, 3.8) is 0 Å². The van der Waals surface area contributed by atoms with E-state index in [9.17, 15) is 24.5 Å². The maximum Gasteiger partial charge on any atom is 0.271 e. The summed E-state index contributed by atoms with van der Waals surface area (Å²) in [4.78, 5) is 52.6. The smallest absolute Gasteiger partial charge is 0.271 e. The molecule has 5 atom stereocenters. The van der Waals surface area contributed by atoms with Gasteiger partial charge in [0.1, 0.15) is 11.8 Å². The van der Waals surface area contributed by atoms with Crippen molar-refractivity contribution in [2.24, 2.45) is 23.7 Å². The van der Waals surface area contributed by atoms with E-state index in [0.717, 1.165) is 23.3 Å². The molecule has 1 N–H and O–H groups in total. The van der Waals surface area contributed by atoms with Crippen LogP contribution in [-0.4, -0.2) is 40.7 Å². The van der Waals surface area contributed by atoms with Gasteiger partial charge in [0.2, 0.25) is 17.7 Å². The Balaban J connectivity index is 1.49. The number of carbonyl (C=O) groups is 3. The Bertz CT molecular complexity index is 1190. The van der Waals surface area contributed by atoms with Gasteiger partial charge in [-0.15, -0.1) is 0 Å². The Labute approximate surface area is 201 Å². The van der Waals surface area contributed by atoms with Gasteiger partial charge in [0.05, 0.1) is 29.6 Å². The quantitative estimate of drug-likeness (QED) is 0.284. The molecule has 2 aromatic rings. The molecule has 1 aliphatic heterocycles. The molecule has 0 spiro atoms. The van der Waals surface area contributed by atoms with Crippen LogP contribution in [0.3, 0.4) is 0 Å². The van der Waals surface area contributed by atoms with Crippen LogP contribution in [0.4, 0.5) is 11.4 Å². The number of ether oxygens (including phenoxy) is 1. The predicted molar refractivity (Wildman–Crippen MR) is 126 cm³/mol. The van der Waals surface area contributed by atoms with Crippen LogP contribution >= 0.6 is 0 Å². The fourth-order valence-electron chi connectivity index (χ4n) is 5.67. The number of allylic oxidation sites excluding steroid dienone is 2. The van der Waals surface area contributed by atoms with Crippen LogP contribution in [0.25, 0.3) is 0 Å². The minimum atomic E-state index is -1.11. The fourth-order valence-corrected chi connectivity index (χ4v) is 5.67. The molecule has 3 aliphatic carbocycles. The van der Waals surface area contributed by atoms with Gasteiger partial charge in [0.15, 0.2) is 0 Å². The van der Waals surface area contributed by atoms with Crippen molar-refractivity contribution in [3.05, 3.63) is 76.4 Å². The van der Waals surface area contributed by atoms with Gasteiger partial charge in [-0.05, 0) is 36.3 Å². The molecule has 4 aliphatic rings. The highest BCUT2D eigenvalue weighted by Gasteiger charge is 2.58. The third-order valence-corrected chi connectivity index (χ3v) is 7.33. The average Bonchev–Trinajstić information content (AvgIpc) is 3.15. The van der Waals surface area contributed by atoms with Gasteiger partial charge >= 0.3 is 0 Å². The summed E-state index contributed by atoms with van der Waals surface area (Å²) < 4.78 is 5.27. The number of non-ortho nitro benzene ring substituents is 1. The highest BCUT2D eigenvalue weighted by Crippen LogP contribution is 2.50. The monoisotopic (exact) mass is 475 g/mol. The standard InChI is InChI=1S/C26H25N3O6/c1-35-21-12-11-18(29(33)34)14-19(21)27-24(30)20(13-15-5-3-2-4-6-15)28-25(31)22-16-7-8-17(10-9-16)23(22)26(28)32/h2-8,11-12,14,16-17,20,22-23H,9-10,13H2,1H3,(H,27,30)/t16-,17-,20-,22+,23+/m0/s1. The van der Waals surface area contributed by atoms with Crippen molar-refractivity contribution < 1.29 is 24.0 Å². The lowest BCUT2D eigenvalue weighted by molar-refractivity contribution is -0.384. The molecule has 35 heavy (non-hydrogen) atoms. The third kappa shape index (κ3) is 3.96. The summed E-state index contributed by atoms with van der Waals surface area (Å²) in [7, 11) is 1.39. The first kappa shape index (κ1) is 22.8. The van der Waals surface area contributed by atoms with Gasteiger partial charge in [-0.2, -0.15) is 0 Å². The van der Waals surface area contributed by atoms with E-state index in [0.29, 0.717) is 0 Å². The Morgan fingerprint density at radius 1 is 1.09 bits per heavy atom. The number of nitro benzene ring substituents is 1. The second-order valence-electron chi connectivity index (χ2n) is 9.22. The molecule has 1 saturated carbocycles. The lowest BCUT2D eigenvalue weighted by Crippen LogP contribution is -2.49. The van der Waals surface area contributed by atoms with E-state index >= 15 is 0 Å². The number of nitrogens with one attached hydrogen (secondary N) is 1. The SMILES string of the molecule is COc1ccc([N+](=O)[O-])cc1NC(=O)[C@H](Cc1ccccc1)N1C(=O)[C@H]2[C@H](C1=O)[C@H]1C=C[C@H]2CC1. The van der Waals surface area contributed by atoms with Gasteiger partial charge in [-0.1, -0.05) is 42.5 Å². The lowest BCUT2D eigenvalue weighted by atomic mass is 9.63. The molecule has 1 heterocycles. The Kier molecular flexibility index (Phi) is 5.84. The van der Waals surface area contributed by atoms with E-state index in [2.05, 4.69) is 5.32 Å². The summed E-state index contributed by atoms with van der Waals surface area (Å²) in [6.45, 7) is 0. The molecule has 1 saturated heterocycles. The second-order valence-corrected chi connectivity index (χ2v) is 9.22. The normalized spacial score (nSPS) is 25.3. The van der Waals surface area contributed by atoms with Crippen LogP contribution in [0.15, 0.2) is 60.7 Å². The number of imide groups is 1. The zero-order chi connectivity index (χ0) is 24.7. The van der Waals surface area contributed by atoms with E-state index < -0.39 is 28.7 Å². The summed E-state index contributed by atoms with van der Waals surface area (Å²) in [5.74, 6) is -1.88. The molecule has 2 bridgehead atoms. The number of carbonyl (C=O) groups excluding carboxylic acids is 3. The minimum absolute atomic E-state index is 0.00348. The van der Waals surface area contributed by atoms with Gasteiger partial charge < -0.3 is 10.1 Å². The van der Waals surface area contributed by atoms with Crippen LogP contribution < -0.4 is 10.1 Å². The number of fused-ring (bicyclic) bond motifs is 1. The molecule has 180 valence electrons. The highest BCUT2D eigenvalue weighted by molar-refractivity contribution is 6.10. The molecule has 0 aromatic heterocycles. The van der Waals surface area contributed by atoms with Gasteiger partial charge in [0.25, 0.3) is 5.69 Å². The molecular weight excluding hydrogens is 450 g/mol. The highest BCUT2D eigenvalue weighted by atomic mass is 16.6. The van der Waals surface area contributed by atoms with Crippen LogP contribution in [-0.2, 0) is 20.8 Å². The van der Waals surface area contributed by atoms with Crippen LogP contribution in [0, 0.1) is 33.8 Å². The number of nitro groups is 1. The zero-order valence-corrected chi connectivity index (χ0v) is 19.1. The number of likely N-dealkylation sites (tertiary alicyclic amines) is 1. The molecule has 0 radical (unpaired) electrons. The maximum absolute atomic E-state index is 13.6. The number of rotatable bonds is 7. The largest absolute Gasteiger partial charge is 0.495 e. The van der Waals surface area contributed by atoms with Crippen molar-refractivity contribution in [2.75, 3.05) is 12.4 Å². The second kappa shape index (κ2) is 8.98. The molecule has 6 rings (SSSR count). The van der Waals surface area contributed by atoms with Gasteiger partial charge in [-0.3, -0.25) is 29.4 Å². The third-order valence-electron chi connectivity index (χ3n) is 7.33. The van der Waals surface area contributed by atoms with E-state index in [1.807, 2.05) is 42.5 Å². The van der Waals surface area contributed by atoms with E-state index in [4.69, 9.17) is 4.74 Å². The van der Waals surface area contributed by atoms with Crippen LogP contribution in [0.1, 0.15) is 18.4 Å². The number of hydrogen-bond donors (Lipinski definition) is 1. The molecular formula is C26H25N3O6. The van der Waals surface area contributed by atoms with Crippen molar-refractivity contribution in [2.45, 2.75) is 25.3 Å². The molecule has 3 amide bonds. The molecule has 9 nitrogen and oxygen atoms in total. The van der Waals surface area contributed by atoms with Crippen molar-refractivity contribution >= 4 is 29.1 Å². The molecule has 2 aromatic carbocycles. The minimum Gasteiger partial charge on any atom is -0.495 e. The molecule has 0 unspecified atom stereocenters. The summed E-state index contributed by atoms with van der Waals surface area (Å²) >= 11 is 0. The number of amides is 3. The van der Waals surface area contributed by atoms with Crippen molar-refractivity contribution in [3.8, 4) is 5.75 Å². The topological polar surface area (TPSA) is 119 Å².